The van der Waals surface area contributed by atoms with E-state index >= 15 is 0 Å². The van der Waals surface area contributed by atoms with E-state index in [9.17, 15) is 4.79 Å². The molecule has 1 aromatic heterocycles. The number of carbonyl (C=O) groups excluding carboxylic acids is 1. The minimum Gasteiger partial charge on any atom is -0.321 e. The zero-order valence-electron chi connectivity index (χ0n) is 13.9. The fraction of sp³-hybridized carbons (Fsp3) is 0.389. The highest BCUT2D eigenvalue weighted by molar-refractivity contribution is 7.09. The minimum absolute atomic E-state index is 0.0667. The first-order valence-corrected chi connectivity index (χ1v) is 9.61. The van der Waals surface area contributed by atoms with Crippen LogP contribution in [0.3, 0.4) is 0 Å². The van der Waals surface area contributed by atoms with Crippen LogP contribution >= 0.6 is 22.9 Å². The van der Waals surface area contributed by atoms with E-state index in [0.717, 1.165) is 44.0 Å². The van der Waals surface area contributed by atoms with Crippen molar-refractivity contribution < 1.29 is 14.6 Å². The van der Waals surface area contributed by atoms with Crippen LogP contribution in [0.2, 0.25) is 5.02 Å². The third-order valence-corrected chi connectivity index (χ3v) is 5.66. The van der Waals surface area contributed by atoms with Crippen molar-refractivity contribution in [2.75, 3.05) is 38.0 Å². The Bertz CT molecular complexity index is 682. The number of nitrogens with one attached hydrogen (secondary N) is 3. The number of hydrogen-bond donors (Lipinski definition) is 3. The summed E-state index contributed by atoms with van der Waals surface area (Å²) in [5.41, 5.74) is 1.85. The maximum Gasteiger partial charge on any atom is 0.279 e. The third-order valence-electron chi connectivity index (χ3n) is 4.55. The van der Waals surface area contributed by atoms with Gasteiger partial charge in [-0.05, 0) is 36.1 Å². The fourth-order valence-corrected chi connectivity index (χ4v) is 4.07. The lowest BCUT2D eigenvalue weighted by Gasteiger charge is -2.29. The highest BCUT2D eigenvalue weighted by Crippen LogP contribution is 2.19. The van der Waals surface area contributed by atoms with Crippen molar-refractivity contribution in [1.82, 2.24) is 0 Å². The quantitative estimate of drug-likeness (QED) is 0.714. The van der Waals surface area contributed by atoms with Crippen LogP contribution in [0.15, 0.2) is 35.7 Å². The summed E-state index contributed by atoms with van der Waals surface area (Å²) in [7, 11) is 0. The molecule has 0 radical (unpaired) electrons. The molecule has 0 spiro atoms. The largest absolute Gasteiger partial charge is 0.321 e. The Kier molecular flexibility index (Phi) is 5.89. The van der Waals surface area contributed by atoms with E-state index < -0.39 is 0 Å². The number of quaternary nitrogens is 2. The fourth-order valence-electron chi connectivity index (χ4n) is 3.12. The molecule has 128 valence electrons. The monoisotopic (exact) mass is 365 g/mol. The van der Waals surface area contributed by atoms with Crippen molar-refractivity contribution in [3.05, 3.63) is 51.2 Å². The maximum absolute atomic E-state index is 12.3. The van der Waals surface area contributed by atoms with Gasteiger partial charge in [0.25, 0.3) is 5.91 Å². The van der Waals surface area contributed by atoms with Crippen LogP contribution in [0.1, 0.15) is 10.4 Å². The first-order valence-electron chi connectivity index (χ1n) is 8.35. The molecular weight excluding hydrogens is 342 g/mol. The molecule has 1 saturated heterocycles. The van der Waals surface area contributed by atoms with E-state index in [4.69, 9.17) is 11.6 Å². The SMILES string of the molecule is Cc1ccc(Cl)cc1NC(=O)C[NH+]1CC[NH+](Cc2cccs2)CC1. The van der Waals surface area contributed by atoms with Crippen LogP contribution in [0.25, 0.3) is 0 Å². The van der Waals surface area contributed by atoms with Gasteiger partial charge in [0.05, 0.1) is 4.88 Å². The highest BCUT2D eigenvalue weighted by Gasteiger charge is 2.25. The summed E-state index contributed by atoms with van der Waals surface area (Å²) in [5.74, 6) is 0.0667. The molecule has 4 nitrogen and oxygen atoms in total. The molecular formula is C18H24ClN3OS+2. The van der Waals surface area contributed by atoms with Gasteiger partial charge in [0.15, 0.2) is 6.54 Å². The first-order chi connectivity index (χ1) is 11.6. The molecule has 0 unspecified atom stereocenters. The number of hydrogen-bond acceptors (Lipinski definition) is 2. The highest BCUT2D eigenvalue weighted by atomic mass is 35.5. The standard InChI is InChI=1S/C18H22ClN3OS/c1-14-4-5-15(19)11-17(14)20-18(23)13-22-8-6-21(7-9-22)12-16-3-2-10-24-16/h2-5,10-11H,6-9,12-13H2,1H3,(H,20,23)/p+2. The number of thiophene rings is 1. The Balaban J connectivity index is 1.45. The Morgan fingerprint density at radius 2 is 1.96 bits per heavy atom. The van der Waals surface area contributed by atoms with Gasteiger partial charge in [-0.3, -0.25) is 4.79 Å². The molecule has 0 saturated carbocycles. The van der Waals surface area contributed by atoms with Crippen LogP contribution in [0, 0.1) is 6.92 Å². The van der Waals surface area contributed by atoms with Gasteiger partial charge >= 0.3 is 0 Å². The molecule has 1 amide bonds. The summed E-state index contributed by atoms with van der Waals surface area (Å²) in [6, 6.07) is 9.90. The molecule has 3 N–H and O–H groups in total. The van der Waals surface area contributed by atoms with Crippen LogP contribution in [-0.2, 0) is 11.3 Å². The van der Waals surface area contributed by atoms with Crippen molar-refractivity contribution in [1.29, 1.82) is 0 Å². The number of benzene rings is 1. The van der Waals surface area contributed by atoms with E-state index in [1.807, 2.05) is 36.5 Å². The van der Waals surface area contributed by atoms with E-state index in [-0.39, 0.29) is 5.91 Å². The van der Waals surface area contributed by atoms with E-state index in [1.165, 1.54) is 9.78 Å². The van der Waals surface area contributed by atoms with Crippen LogP contribution in [-0.4, -0.2) is 38.6 Å². The Morgan fingerprint density at radius 3 is 2.67 bits per heavy atom. The van der Waals surface area contributed by atoms with Gasteiger partial charge in [-0.25, -0.2) is 0 Å². The second kappa shape index (κ2) is 8.12. The van der Waals surface area contributed by atoms with Gasteiger partial charge in [0, 0.05) is 10.7 Å². The Labute approximate surface area is 152 Å². The lowest BCUT2D eigenvalue weighted by atomic mass is 10.2. The Hall–Kier alpha value is -1.40. The molecule has 2 aromatic rings. The molecule has 1 aliphatic heterocycles. The van der Waals surface area contributed by atoms with Crippen molar-refractivity contribution in [3.8, 4) is 0 Å². The predicted octanol–water partition coefficient (Wildman–Crippen LogP) is 0.632. The molecule has 0 aliphatic carbocycles. The van der Waals surface area contributed by atoms with Crippen LogP contribution < -0.4 is 15.1 Å². The number of halogens is 1. The summed E-state index contributed by atoms with van der Waals surface area (Å²) in [6.45, 7) is 7.95. The lowest BCUT2D eigenvalue weighted by Crippen LogP contribution is -3.28. The molecule has 0 bridgehead atoms. The summed E-state index contributed by atoms with van der Waals surface area (Å²) < 4.78 is 0. The lowest BCUT2D eigenvalue weighted by molar-refractivity contribution is -1.01. The Morgan fingerprint density at radius 1 is 1.21 bits per heavy atom. The average Bonchev–Trinajstić information content (AvgIpc) is 3.06. The van der Waals surface area contributed by atoms with Crippen molar-refractivity contribution in [2.24, 2.45) is 0 Å². The second-order valence-corrected chi connectivity index (χ2v) is 7.91. The van der Waals surface area contributed by atoms with E-state index in [1.54, 1.807) is 4.90 Å². The zero-order valence-corrected chi connectivity index (χ0v) is 15.5. The van der Waals surface area contributed by atoms with E-state index in [0.29, 0.717) is 11.6 Å². The molecule has 1 fully saturated rings. The number of anilines is 1. The summed E-state index contributed by atoms with van der Waals surface area (Å²) in [5, 5.41) is 5.78. The van der Waals surface area contributed by atoms with Gasteiger partial charge in [-0.15, -0.1) is 11.3 Å². The van der Waals surface area contributed by atoms with Gasteiger partial charge in [0.1, 0.15) is 32.7 Å². The molecule has 0 atom stereocenters. The summed E-state index contributed by atoms with van der Waals surface area (Å²) >= 11 is 7.84. The van der Waals surface area contributed by atoms with E-state index in [2.05, 4.69) is 22.8 Å². The molecule has 1 aliphatic rings. The maximum atomic E-state index is 12.3. The second-order valence-electron chi connectivity index (χ2n) is 6.44. The number of amides is 1. The molecule has 2 heterocycles. The number of aryl methyl sites for hydroxylation is 1. The predicted molar refractivity (Wildman–Crippen MR) is 99.1 cm³/mol. The van der Waals surface area contributed by atoms with Crippen LogP contribution in [0.5, 0.6) is 0 Å². The summed E-state index contributed by atoms with van der Waals surface area (Å²) in [4.78, 5) is 16.7. The van der Waals surface area contributed by atoms with Crippen LogP contribution in [0.4, 0.5) is 5.69 Å². The average molecular weight is 366 g/mol. The minimum atomic E-state index is 0.0667. The van der Waals surface area contributed by atoms with Crippen molar-refractivity contribution in [3.63, 3.8) is 0 Å². The number of rotatable bonds is 5. The van der Waals surface area contributed by atoms with Gasteiger partial charge in [-0.1, -0.05) is 23.7 Å². The van der Waals surface area contributed by atoms with Gasteiger partial charge < -0.3 is 15.1 Å². The number of carbonyl (C=O) groups is 1. The molecule has 24 heavy (non-hydrogen) atoms. The first kappa shape index (κ1) is 17.4. The van der Waals surface area contributed by atoms with Gasteiger partial charge in [0.2, 0.25) is 0 Å². The number of piperazine rings is 1. The van der Waals surface area contributed by atoms with Gasteiger partial charge in [-0.2, -0.15) is 0 Å². The molecule has 3 rings (SSSR count). The summed E-state index contributed by atoms with van der Waals surface area (Å²) in [6.07, 6.45) is 0. The van der Waals surface area contributed by atoms with Crippen molar-refractivity contribution in [2.45, 2.75) is 13.5 Å². The van der Waals surface area contributed by atoms with Crippen molar-refractivity contribution >= 4 is 34.5 Å². The topological polar surface area (TPSA) is 38.0 Å². The molecule has 6 heteroatoms. The zero-order chi connectivity index (χ0) is 16.9. The normalized spacial score (nSPS) is 20.8. The molecule has 1 aromatic carbocycles. The third kappa shape index (κ3) is 4.80. The smallest absolute Gasteiger partial charge is 0.279 e.